The van der Waals surface area contributed by atoms with Crippen LogP contribution in [0.1, 0.15) is 0 Å². The van der Waals surface area contributed by atoms with Crippen LogP contribution in [0.3, 0.4) is 0 Å². The van der Waals surface area contributed by atoms with E-state index in [0.717, 1.165) is 6.07 Å². The number of nitro groups is 1. The van der Waals surface area contributed by atoms with Crippen LogP contribution in [0, 0.1) is 10.1 Å². The van der Waals surface area contributed by atoms with Crippen molar-refractivity contribution in [1.82, 2.24) is 0 Å². The van der Waals surface area contributed by atoms with E-state index in [4.69, 9.17) is 0 Å². The van der Waals surface area contributed by atoms with E-state index < -0.39 is 15.6 Å². The van der Waals surface area contributed by atoms with E-state index in [-0.39, 0.29) is 40.1 Å². The number of rotatable bonds is 2. The van der Waals surface area contributed by atoms with Crippen LogP contribution in [0.4, 0.5) is 5.69 Å². The predicted molar refractivity (Wildman–Crippen MR) is 40.1 cm³/mol. The molecule has 0 saturated carbocycles. The zero-order valence-corrected chi connectivity index (χ0v) is 9.61. The van der Waals surface area contributed by atoms with Crippen molar-refractivity contribution < 1.29 is 42.9 Å². The van der Waals surface area contributed by atoms with E-state index in [1.54, 1.807) is 0 Å². The third-order valence-corrected chi connectivity index (χ3v) is 1.86. The molecule has 0 bridgehead atoms. The summed E-state index contributed by atoms with van der Waals surface area (Å²) in [6.45, 7) is 0. The summed E-state index contributed by atoms with van der Waals surface area (Å²) in [7, 11) is -2.41. The molecule has 0 radical (unpaired) electrons. The minimum atomic E-state index is -2.41. The standard InChI is InChI=1S/C6H4NO4S.Na/c8-7(9)5-2-1-3-6(4-5)12(10)11;/h1-4H;/q-1;+1. The van der Waals surface area contributed by atoms with Crippen molar-refractivity contribution in [3.63, 3.8) is 0 Å². The van der Waals surface area contributed by atoms with E-state index in [9.17, 15) is 18.5 Å². The van der Waals surface area contributed by atoms with Crippen LogP contribution in [0.15, 0.2) is 29.2 Å². The molecule has 1 aromatic rings. The minimum absolute atomic E-state index is 0. The van der Waals surface area contributed by atoms with Gasteiger partial charge in [-0.05, 0) is 10.7 Å². The molecule has 0 atom stereocenters. The Bertz CT molecular complexity index is 382. The molecule has 0 saturated heterocycles. The fourth-order valence-electron chi connectivity index (χ4n) is 0.701. The number of benzene rings is 1. The molecule has 0 aliphatic heterocycles. The van der Waals surface area contributed by atoms with Crippen LogP contribution >= 0.6 is 0 Å². The average Bonchev–Trinajstić information content (AvgIpc) is 2.04. The Morgan fingerprint density at radius 3 is 2.38 bits per heavy atom. The Morgan fingerprint density at radius 2 is 1.92 bits per heavy atom. The topological polar surface area (TPSA) is 77.3 Å². The molecule has 5 nitrogen and oxygen atoms in total. The van der Waals surface area contributed by atoms with E-state index in [1.165, 1.54) is 18.2 Å². The molecule has 0 aliphatic rings. The summed E-state index contributed by atoms with van der Waals surface area (Å²) in [5, 5.41) is 10.2. The molecule has 13 heavy (non-hydrogen) atoms. The van der Waals surface area contributed by atoms with Gasteiger partial charge in [0.15, 0.2) is 0 Å². The van der Waals surface area contributed by atoms with Crippen LogP contribution in [0.25, 0.3) is 0 Å². The van der Waals surface area contributed by atoms with E-state index in [0.29, 0.717) is 0 Å². The van der Waals surface area contributed by atoms with Crippen molar-refractivity contribution in [1.29, 1.82) is 0 Å². The van der Waals surface area contributed by atoms with Gasteiger partial charge < -0.3 is 8.42 Å². The molecule has 0 unspecified atom stereocenters. The first kappa shape index (κ1) is 12.6. The maximum atomic E-state index is 10.4. The summed E-state index contributed by atoms with van der Waals surface area (Å²) in [5.74, 6) is 0. The first-order chi connectivity index (χ1) is 5.61. The molecule has 0 amide bonds. The summed E-state index contributed by atoms with van der Waals surface area (Å²) in [4.78, 5) is 9.46. The Hall–Kier alpha value is -0.430. The second-order valence-electron chi connectivity index (χ2n) is 1.99. The molecule has 1 aromatic carbocycles. The Labute approximate surface area is 98.2 Å². The zero-order valence-electron chi connectivity index (χ0n) is 6.80. The Morgan fingerprint density at radius 1 is 1.31 bits per heavy atom. The van der Waals surface area contributed by atoms with Gasteiger partial charge in [0.25, 0.3) is 5.69 Å². The fraction of sp³-hybridized carbons (Fsp3) is 0. The monoisotopic (exact) mass is 209 g/mol. The van der Waals surface area contributed by atoms with Crippen molar-refractivity contribution in [2.24, 2.45) is 0 Å². The van der Waals surface area contributed by atoms with Crippen LogP contribution in [-0.2, 0) is 19.1 Å². The first-order valence-electron chi connectivity index (χ1n) is 2.95. The van der Waals surface area contributed by atoms with Gasteiger partial charge in [-0.15, -0.1) is 0 Å². The number of non-ortho nitro benzene ring substituents is 1. The number of hydrogen-bond acceptors (Lipinski definition) is 5. The Balaban J connectivity index is 0.00000144. The number of hydrogen-bond donors (Lipinski definition) is 0. The fourth-order valence-corrected chi connectivity index (χ4v) is 1.11. The molecule has 0 N–H and O–H groups in total. The van der Waals surface area contributed by atoms with Gasteiger partial charge in [-0.3, -0.25) is 10.1 Å². The SMILES string of the molecule is O=[N+]([O-])c1cccc([S-](=O)=O)c1.[Na+]. The van der Waals surface area contributed by atoms with Crippen LogP contribution in [0.5, 0.6) is 0 Å². The Kier molecular flexibility index (Phi) is 5.16. The van der Waals surface area contributed by atoms with Crippen molar-refractivity contribution >= 4 is 16.4 Å². The molecule has 0 fully saturated rings. The van der Waals surface area contributed by atoms with Gasteiger partial charge in [-0.2, -0.15) is 0 Å². The van der Waals surface area contributed by atoms with Gasteiger partial charge in [0.05, 0.1) is 4.92 Å². The first-order valence-corrected chi connectivity index (χ1v) is 4.02. The normalized spacial score (nSPS) is 9.31. The minimum Gasteiger partial charge on any atom is -0.420 e. The third kappa shape index (κ3) is 3.43. The van der Waals surface area contributed by atoms with Crippen LogP contribution < -0.4 is 29.6 Å². The van der Waals surface area contributed by atoms with Crippen molar-refractivity contribution in [3.8, 4) is 0 Å². The van der Waals surface area contributed by atoms with Gasteiger partial charge in [0.2, 0.25) is 0 Å². The molecule has 0 spiro atoms. The third-order valence-electron chi connectivity index (χ3n) is 1.22. The summed E-state index contributed by atoms with van der Waals surface area (Å²) in [6.07, 6.45) is 0. The average molecular weight is 209 g/mol. The van der Waals surface area contributed by atoms with E-state index in [2.05, 4.69) is 0 Å². The molecule has 0 heterocycles. The maximum absolute atomic E-state index is 10.4. The van der Waals surface area contributed by atoms with Crippen molar-refractivity contribution in [3.05, 3.63) is 34.4 Å². The quantitative estimate of drug-likeness (QED) is 0.251. The van der Waals surface area contributed by atoms with Crippen molar-refractivity contribution in [2.75, 3.05) is 0 Å². The molecule has 64 valence electrons. The van der Waals surface area contributed by atoms with Gasteiger partial charge >= 0.3 is 29.6 Å². The summed E-state index contributed by atoms with van der Waals surface area (Å²) >= 11 is 0. The van der Waals surface area contributed by atoms with E-state index >= 15 is 0 Å². The molecular weight excluding hydrogens is 205 g/mol. The molecule has 0 aromatic heterocycles. The molecular formula is C6H4NNaO4S. The molecule has 1 rings (SSSR count). The zero-order chi connectivity index (χ0) is 9.14. The summed E-state index contributed by atoms with van der Waals surface area (Å²) < 4.78 is 20.7. The smallest absolute Gasteiger partial charge is 0.420 e. The van der Waals surface area contributed by atoms with E-state index in [1.807, 2.05) is 0 Å². The van der Waals surface area contributed by atoms with Gasteiger partial charge in [0, 0.05) is 12.1 Å². The van der Waals surface area contributed by atoms with Gasteiger partial charge in [-0.25, -0.2) is 0 Å². The van der Waals surface area contributed by atoms with Gasteiger partial charge in [0.1, 0.15) is 0 Å². The van der Waals surface area contributed by atoms with Crippen molar-refractivity contribution in [2.45, 2.75) is 4.90 Å². The number of nitro benzene ring substituents is 1. The largest absolute Gasteiger partial charge is 1.00 e. The number of nitrogens with zero attached hydrogens (tertiary/aromatic N) is 1. The second-order valence-corrected chi connectivity index (χ2v) is 2.93. The predicted octanol–water partition coefficient (Wildman–Crippen LogP) is -1.73. The van der Waals surface area contributed by atoms with Crippen LogP contribution in [0.2, 0.25) is 0 Å². The summed E-state index contributed by atoms with van der Waals surface area (Å²) in [5.41, 5.74) is -0.225. The summed E-state index contributed by atoms with van der Waals surface area (Å²) in [6, 6.07) is 4.85. The molecule has 7 heteroatoms. The maximum Gasteiger partial charge on any atom is 1.00 e. The van der Waals surface area contributed by atoms with Crippen LogP contribution in [-0.4, -0.2) is 4.92 Å². The molecule has 0 aliphatic carbocycles. The second kappa shape index (κ2) is 5.33. The van der Waals surface area contributed by atoms with Gasteiger partial charge in [-0.1, -0.05) is 17.0 Å².